The molecule has 1 saturated heterocycles. The second-order valence-electron chi connectivity index (χ2n) is 5.50. The van der Waals surface area contributed by atoms with Crippen LogP contribution in [-0.2, 0) is 0 Å². The van der Waals surface area contributed by atoms with Crippen LogP contribution in [0.4, 0.5) is 5.69 Å². The second kappa shape index (κ2) is 4.41. The summed E-state index contributed by atoms with van der Waals surface area (Å²) in [4.78, 5) is 2.46. The fourth-order valence-electron chi connectivity index (χ4n) is 2.47. The van der Waals surface area contributed by atoms with Crippen LogP contribution in [0.25, 0.3) is 0 Å². The van der Waals surface area contributed by atoms with Gasteiger partial charge in [-0.05, 0) is 42.5 Å². The summed E-state index contributed by atoms with van der Waals surface area (Å²) in [6.07, 6.45) is 2.48. The molecule has 1 aliphatic rings. The van der Waals surface area contributed by atoms with Crippen molar-refractivity contribution in [1.82, 2.24) is 0 Å². The lowest BCUT2D eigenvalue weighted by Crippen LogP contribution is -2.55. The fourth-order valence-corrected chi connectivity index (χ4v) is 2.47. The summed E-state index contributed by atoms with van der Waals surface area (Å²) in [6, 6.07) is 10.7. The topological polar surface area (TPSA) is 27.0 Å². The third-order valence-electron chi connectivity index (χ3n) is 4.16. The molecule has 1 heterocycles. The maximum absolute atomic E-state index is 8.79. The zero-order chi connectivity index (χ0) is 12.5. The van der Waals surface area contributed by atoms with E-state index in [0.29, 0.717) is 11.5 Å². The van der Waals surface area contributed by atoms with Gasteiger partial charge in [-0.15, -0.1) is 0 Å². The van der Waals surface area contributed by atoms with Gasteiger partial charge in [0.15, 0.2) is 0 Å². The molecule has 2 nitrogen and oxygen atoms in total. The third-order valence-corrected chi connectivity index (χ3v) is 4.16. The van der Waals surface area contributed by atoms with E-state index in [4.69, 9.17) is 5.26 Å². The highest BCUT2D eigenvalue weighted by Gasteiger charge is 2.38. The Morgan fingerprint density at radius 3 is 2.41 bits per heavy atom. The first kappa shape index (κ1) is 12.0. The van der Waals surface area contributed by atoms with E-state index in [0.717, 1.165) is 12.1 Å². The molecule has 90 valence electrons. The molecule has 0 saturated carbocycles. The Labute approximate surface area is 104 Å². The third kappa shape index (κ3) is 2.15. The lowest BCUT2D eigenvalue weighted by atomic mass is 9.75. The SMILES string of the molecule is CCC(C)(C)C1CCN1c1ccc(C#N)cc1. The van der Waals surface area contributed by atoms with Gasteiger partial charge in [0.25, 0.3) is 0 Å². The van der Waals surface area contributed by atoms with Gasteiger partial charge in [-0.1, -0.05) is 20.8 Å². The van der Waals surface area contributed by atoms with Crippen LogP contribution < -0.4 is 4.90 Å². The zero-order valence-electron chi connectivity index (χ0n) is 10.9. The predicted octanol–water partition coefficient (Wildman–Crippen LogP) is 3.57. The molecule has 0 spiro atoms. The highest BCUT2D eigenvalue weighted by molar-refractivity contribution is 5.52. The predicted molar refractivity (Wildman–Crippen MR) is 71.0 cm³/mol. The first-order valence-electron chi connectivity index (χ1n) is 6.35. The Bertz CT molecular complexity index is 425. The van der Waals surface area contributed by atoms with E-state index in [1.54, 1.807) is 0 Å². The van der Waals surface area contributed by atoms with Gasteiger partial charge < -0.3 is 4.90 Å². The van der Waals surface area contributed by atoms with Crippen LogP contribution in [-0.4, -0.2) is 12.6 Å². The Hall–Kier alpha value is -1.49. The Morgan fingerprint density at radius 2 is 2.00 bits per heavy atom. The fraction of sp³-hybridized carbons (Fsp3) is 0.533. The van der Waals surface area contributed by atoms with Crippen molar-refractivity contribution >= 4 is 5.69 Å². The molecule has 0 bridgehead atoms. The smallest absolute Gasteiger partial charge is 0.0991 e. The van der Waals surface area contributed by atoms with Crippen molar-refractivity contribution < 1.29 is 0 Å². The number of nitriles is 1. The van der Waals surface area contributed by atoms with Crippen LogP contribution in [0.2, 0.25) is 0 Å². The normalized spacial score (nSPS) is 19.6. The summed E-state index contributed by atoms with van der Waals surface area (Å²) in [7, 11) is 0. The number of benzene rings is 1. The van der Waals surface area contributed by atoms with Gasteiger partial charge in [0.05, 0.1) is 11.6 Å². The minimum absolute atomic E-state index is 0.367. The first-order valence-corrected chi connectivity index (χ1v) is 6.35. The summed E-state index contributed by atoms with van der Waals surface area (Å²) in [5, 5.41) is 8.79. The molecule has 0 radical (unpaired) electrons. The van der Waals surface area contributed by atoms with Gasteiger partial charge in [0.1, 0.15) is 0 Å². The molecule has 0 N–H and O–H groups in total. The number of hydrogen-bond acceptors (Lipinski definition) is 2. The quantitative estimate of drug-likeness (QED) is 0.790. The summed E-state index contributed by atoms with van der Waals surface area (Å²) in [5.74, 6) is 0. The number of hydrogen-bond donors (Lipinski definition) is 0. The molecule has 1 aliphatic heterocycles. The lowest BCUT2D eigenvalue weighted by molar-refractivity contribution is 0.205. The summed E-state index contributed by atoms with van der Waals surface area (Å²) in [5.41, 5.74) is 2.36. The molecule has 1 unspecified atom stereocenters. The minimum Gasteiger partial charge on any atom is -0.368 e. The van der Waals surface area contributed by atoms with Crippen molar-refractivity contribution in [2.45, 2.75) is 39.7 Å². The molecular formula is C15H20N2. The van der Waals surface area contributed by atoms with Crippen molar-refractivity contribution in [2.75, 3.05) is 11.4 Å². The van der Waals surface area contributed by atoms with Gasteiger partial charge in [-0.25, -0.2) is 0 Å². The lowest BCUT2D eigenvalue weighted by Gasteiger charge is -2.51. The summed E-state index contributed by atoms with van der Waals surface area (Å²) >= 11 is 0. The van der Waals surface area contributed by atoms with E-state index in [-0.39, 0.29) is 0 Å². The standard InChI is InChI=1S/C15H20N2/c1-4-15(2,3)14-9-10-17(14)13-7-5-12(11-16)6-8-13/h5-8,14H,4,9-10H2,1-3H3. The minimum atomic E-state index is 0.367. The van der Waals surface area contributed by atoms with Crippen molar-refractivity contribution in [3.63, 3.8) is 0 Å². The largest absolute Gasteiger partial charge is 0.368 e. The van der Waals surface area contributed by atoms with Crippen LogP contribution >= 0.6 is 0 Å². The molecule has 0 aromatic heterocycles. The summed E-state index contributed by atoms with van der Waals surface area (Å²) in [6.45, 7) is 8.08. The maximum atomic E-state index is 8.79. The molecule has 1 atom stereocenters. The molecule has 1 aromatic rings. The van der Waals surface area contributed by atoms with Crippen LogP contribution in [0.5, 0.6) is 0 Å². The van der Waals surface area contributed by atoms with E-state index in [9.17, 15) is 0 Å². The monoisotopic (exact) mass is 228 g/mol. The van der Waals surface area contributed by atoms with Crippen LogP contribution in [0.1, 0.15) is 39.2 Å². The Morgan fingerprint density at radius 1 is 1.35 bits per heavy atom. The number of nitrogens with zero attached hydrogens (tertiary/aromatic N) is 2. The van der Waals surface area contributed by atoms with Gasteiger partial charge in [-0.2, -0.15) is 5.26 Å². The second-order valence-corrected chi connectivity index (χ2v) is 5.50. The summed E-state index contributed by atoms with van der Waals surface area (Å²) < 4.78 is 0. The molecular weight excluding hydrogens is 208 g/mol. The van der Waals surface area contributed by atoms with Crippen molar-refractivity contribution in [1.29, 1.82) is 5.26 Å². The maximum Gasteiger partial charge on any atom is 0.0991 e. The van der Waals surface area contributed by atoms with E-state index in [1.165, 1.54) is 18.5 Å². The number of rotatable bonds is 3. The molecule has 1 fully saturated rings. The van der Waals surface area contributed by atoms with E-state index < -0.39 is 0 Å². The van der Waals surface area contributed by atoms with Crippen LogP contribution in [0.3, 0.4) is 0 Å². The average molecular weight is 228 g/mol. The molecule has 0 amide bonds. The Balaban J connectivity index is 2.16. The number of anilines is 1. The van der Waals surface area contributed by atoms with Gasteiger partial charge in [-0.3, -0.25) is 0 Å². The first-order chi connectivity index (χ1) is 8.08. The van der Waals surface area contributed by atoms with Crippen molar-refractivity contribution in [3.8, 4) is 6.07 Å². The highest BCUT2D eigenvalue weighted by atomic mass is 15.2. The molecule has 17 heavy (non-hydrogen) atoms. The zero-order valence-corrected chi connectivity index (χ0v) is 10.9. The van der Waals surface area contributed by atoms with Gasteiger partial charge in [0.2, 0.25) is 0 Å². The average Bonchev–Trinajstić information content (AvgIpc) is 2.28. The molecule has 2 heteroatoms. The van der Waals surface area contributed by atoms with E-state index in [1.807, 2.05) is 12.1 Å². The molecule has 0 aliphatic carbocycles. The van der Waals surface area contributed by atoms with E-state index in [2.05, 4.69) is 43.9 Å². The van der Waals surface area contributed by atoms with Crippen LogP contribution in [0.15, 0.2) is 24.3 Å². The molecule has 2 rings (SSSR count). The van der Waals surface area contributed by atoms with Crippen molar-refractivity contribution in [2.24, 2.45) is 5.41 Å². The van der Waals surface area contributed by atoms with E-state index >= 15 is 0 Å². The van der Waals surface area contributed by atoms with Crippen molar-refractivity contribution in [3.05, 3.63) is 29.8 Å². The Kier molecular flexibility index (Phi) is 3.11. The van der Waals surface area contributed by atoms with Gasteiger partial charge >= 0.3 is 0 Å². The molecule has 1 aromatic carbocycles. The van der Waals surface area contributed by atoms with Crippen LogP contribution in [0, 0.1) is 16.7 Å². The van der Waals surface area contributed by atoms with Gasteiger partial charge in [0, 0.05) is 18.3 Å². The highest BCUT2D eigenvalue weighted by Crippen LogP contribution is 2.39.